The number of urea groups is 1. The van der Waals surface area contributed by atoms with Gasteiger partial charge < -0.3 is 0 Å². The molecular formula is C19H15BrN4O4. The Balaban J connectivity index is 1.76. The summed E-state index contributed by atoms with van der Waals surface area (Å²) in [4.78, 5) is 49.9. The number of nitrogens with zero attached hydrogens (tertiary/aromatic N) is 2. The van der Waals surface area contributed by atoms with E-state index in [1.165, 1.54) is 0 Å². The Bertz CT molecular complexity index is 988. The van der Waals surface area contributed by atoms with Crippen molar-refractivity contribution in [1.29, 1.82) is 0 Å². The molecule has 3 rings (SSSR count). The zero-order chi connectivity index (χ0) is 20.3. The maximum absolute atomic E-state index is 12.7. The Morgan fingerprint density at radius 1 is 1.14 bits per heavy atom. The molecule has 0 bridgehead atoms. The quantitative estimate of drug-likeness (QED) is 0.430. The molecule has 0 radical (unpaired) electrons. The van der Waals surface area contributed by atoms with Gasteiger partial charge in [0.1, 0.15) is 0 Å². The average Bonchev–Trinajstić information content (AvgIpc) is 2.66. The number of hydrogen-bond acceptors (Lipinski definition) is 5. The first kappa shape index (κ1) is 19.4. The van der Waals surface area contributed by atoms with Gasteiger partial charge in [0.15, 0.2) is 5.92 Å². The third kappa shape index (κ3) is 3.99. The standard InChI is InChI=1S/C19H15BrN4O4/c1-11-4-2-3-5-15(11)24-18(27)14(17(26)22-19(24)28)10-21-23-16(25)12-6-8-13(20)9-7-12/h2-10,14H,1H3,(H,23,25)(H,22,26,28)/b21-10-/t14-/m0/s1. The molecular weight excluding hydrogens is 428 g/mol. The molecule has 1 saturated heterocycles. The maximum atomic E-state index is 12.7. The van der Waals surface area contributed by atoms with Gasteiger partial charge in [-0.1, -0.05) is 34.1 Å². The van der Waals surface area contributed by atoms with E-state index >= 15 is 0 Å². The fraction of sp³-hybridized carbons (Fsp3) is 0.105. The van der Waals surface area contributed by atoms with Crippen LogP contribution >= 0.6 is 15.9 Å². The van der Waals surface area contributed by atoms with Gasteiger partial charge in [-0.2, -0.15) is 5.10 Å². The lowest BCUT2D eigenvalue weighted by atomic mass is 10.0. The van der Waals surface area contributed by atoms with Crippen molar-refractivity contribution in [2.45, 2.75) is 6.92 Å². The van der Waals surface area contributed by atoms with Crippen LogP contribution in [0.25, 0.3) is 0 Å². The third-order valence-electron chi connectivity index (χ3n) is 4.05. The molecule has 1 heterocycles. The lowest BCUT2D eigenvalue weighted by molar-refractivity contribution is -0.131. The molecule has 0 aliphatic carbocycles. The highest BCUT2D eigenvalue weighted by atomic mass is 79.9. The monoisotopic (exact) mass is 442 g/mol. The van der Waals surface area contributed by atoms with Crippen molar-refractivity contribution >= 4 is 51.6 Å². The lowest BCUT2D eigenvalue weighted by Crippen LogP contribution is -2.59. The molecule has 2 aromatic rings. The number of barbiturate groups is 1. The number of nitrogens with one attached hydrogen (secondary N) is 2. The Morgan fingerprint density at radius 3 is 2.50 bits per heavy atom. The second-order valence-electron chi connectivity index (χ2n) is 5.96. The molecule has 8 nitrogen and oxygen atoms in total. The molecule has 0 saturated carbocycles. The molecule has 0 unspecified atom stereocenters. The fourth-order valence-electron chi connectivity index (χ4n) is 2.60. The predicted molar refractivity (Wildman–Crippen MR) is 106 cm³/mol. The summed E-state index contributed by atoms with van der Waals surface area (Å²) in [6, 6.07) is 12.5. The van der Waals surface area contributed by atoms with Crippen LogP contribution in [-0.2, 0) is 9.59 Å². The minimum Gasteiger partial charge on any atom is -0.276 e. The predicted octanol–water partition coefficient (Wildman–Crippen LogP) is 2.37. The van der Waals surface area contributed by atoms with E-state index in [2.05, 4.69) is 31.8 Å². The van der Waals surface area contributed by atoms with E-state index in [9.17, 15) is 19.2 Å². The first-order valence-corrected chi connectivity index (χ1v) is 9.01. The first-order valence-electron chi connectivity index (χ1n) is 8.22. The van der Waals surface area contributed by atoms with E-state index in [1.807, 2.05) is 0 Å². The van der Waals surface area contributed by atoms with Gasteiger partial charge in [-0.05, 0) is 42.8 Å². The molecule has 142 valence electrons. The number of aryl methyl sites for hydroxylation is 1. The number of carbonyl (C=O) groups is 4. The Kier molecular flexibility index (Phi) is 5.65. The van der Waals surface area contributed by atoms with Crippen molar-refractivity contribution in [3.63, 3.8) is 0 Å². The van der Waals surface area contributed by atoms with Crippen LogP contribution < -0.4 is 15.6 Å². The van der Waals surface area contributed by atoms with E-state index in [4.69, 9.17) is 0 Å². The van der Waals surface area contributed by atoms with Crippen LogP contribution in [0.1, 0.15) is 15.9 Å². The fourth-order valence-corrected chi connectivity index (χ4v) is 2.86. The minimum atomic E-state index is -1.34. The van der Waals surface area contributed by atoms with Crippen molar-refractivity contribution in [1.82, 2.24) is 10.7 Å². The van der Waals surface area contributed by atoms with E-state index < -0.39 is 29.7 Å². The van der Waals surface area contributed by atoms with Gasteiger partial charge in [0.2, 0.25) is 5.91 Å². The van der Waals surface area contributed by atoms with Gasteiger partial charge in [-0.15, -0.1) is 0 Å². The van der Waals surface area contributed by atoms with Crippen molar-refractivity contribution in [3.8, 4) is 0 Å². The molecule has 1 aliphatic rings. The molecule has 2 N–H and O–H groups in total. The number of anilines is 1. The second kappa shape index (κ2) is 8.13. The average molecular weight is 443 g/mol. The van der Waals surface area contributed by atoms with Crippen LogP contribution in [0.4, 0.5) is 10.5 Å². The molecule has 0 aromatic heterocycles. The SMILES string of the molecule is Cc1ccccc1N1C(=O)NC(=O)[C@H](/C=N\NC(=O)c2ccc(Br)cc2)C1=O. The summed E-state index contributed by atoms with van der Waals surface area (Å²) in [5.41, 5.74) is 3.69. The number of halogens is 1. The zero-order valence-corrected chi connectivity index (χ0v) is 16.3. The van der Waals surface area contributed by atoms with Gasteiger partial charge in [0, 0.05) is 16.3 Å². The number of amides is 5. The van der Waals surface area contributed by atoms with Crippen LogP contribution in [0, 0.1) is 12.8 Å². The number of benzene rings is 2. The topological polar surface area (TPSA) is 108 Å². The molecule has 28 heavy (non-hydrogen) atoms. The minimum absolute atomic E-state index is 0.358. The van der Waals surface area contributed by atoms with Crippen LogP contribution in [0.5, 0.6) is 0 Å². The molecule has 5 amide bonds. The number of carbonyl (C=O) groups excluding carboxylic acids is 4. The van der Waals surface area contributed by atoms with Gasteiger partial charge in [0.25, 0.3) is 11.8 Å². The molecule has 1 fully saturated rings. The van der Waals surface area contributed by atoms with Crippen molar-refractivity contribution in [2.24, 2.45) is 11.0 Å². The Hall–Kier alpha value is -3.33. The number of para-hydroxylation sites is 1. The molecule has 9 heteroatoms. The summed E-state index contributed by atoms with van der Waals surface area (Å²) in [6.45, 7) is 1.74. The van der Waals surface area contributed by atoms with Crippen LogP contribution in [0.3, 0.4) is 0 Å². The summed E-state index contributed by atoms with van der Waals surface area (Å²) in [5, 5.41) is 5.84. The van der Waals surface area contributed by atoms with Gasteiger partial charge in [-0.3, -0.25) is 19.7 Å². The van der Waals surface area contributed by atoms with Crippen molar-refractivity contribution in [3.05, 3.63) is 64.1 Å². The summed E-state index contributed by atoms with van der Waals surface area (Å²) in [5.74, 6) is -3.40. The van der Waals surface area contributed by atoms with Gasteiger partial charge >= 0.3 is 6.03 Å². The van der Waals surface area contributed by atoms with Gasteiger partial charge in [-0.25, -0.2) is 15.1 Å². The van der Waals surface area contributed by atoms with E-state index in [1.54, 1.807) is 55.5 Å². The van der Waals surface area contributed by atoms with E-state index in [0.717, 1.165) is 15.6 Å². The van der Waals surface area contributed by atoms with E-state index in [-0.39, 0.29) is 0 Å². The second-order valence-corrected chi connectivity index (χ2v) is 6.87. The number of hydrogen-bond donors (Lipinski definition) is 2. The van der Waals surface area contributed by atoms with Crippen LogP contribution in [0.2, 0.25) is 0 Å². The Morgan fingerprint density at radius 2 is 1.82 bits per heavy atom. The highest BCUT2D eigenvalue weighted by Gasteiger charge is 2.40. The summed E-state index contributed by atoms with van der Waals surface area (Å²) in [6.07, 6.45) is 1.01. The summed E-state index contributed by atoms with van der Waals surface area (Å²) < 4.78 is 0.818. The molecule has 2 aromatic carbocycles. The van der Waals surface area contributed by atoms with Gasteiger partial charge in [0.05, 0.1) is 5.69 Å². The third-order valence-corrected chi connectivity index (χ3v) is 4.58. The largest absolute Gasteiger partial charge is 0.335 e. The van der Waals surface area contributed by atoms with Crippen molar-refractivity contribution < 1.29 is 19.2 Å². The van der Waals surface area contributed by atoms with E-state index in [0.29, 0.717) is 16.8 Å². The first-order chi connectivity index (χ1) is 13.4. The molecule has 1 atom stereocenters. The van der Waals surface area contributed by atoms with Crippen molar-refractivity contribution in [2.75, 3.05) is 4.90 Å². The number of hydrazone groups is 1. The molecule has 1 aliphatic heterocycles. The smallest absolute Gasteiger partial charge is 0.276 e. The van der Waals surface area contributed by atoms with Crippen LogP contribution in [0.15, 0.2) is 58.1 Å². The zero-order valence-electron chi connectivity index (χ0n) is 14.7. The molecule has 0 spiro atoms. The number of rotatable bonds is 4. The highest BCUT2D eigenvalue weighted by molar-refractivity contribution is 9.10. The number of imide groups is 2. The Labute approximate surface area is 168 Å². The normalized spacial score (nSPS) is 17.0. The highest BCUT2D eigenvalue weighted by Crippen LogP contribution is 2.23. The van der Waals surface area contributed by atoms with Crippen LogP contribution in [-0.4, -0.2) is 30.0 Å². The summed E-state index contributed by atoms with van der Waals surface area (Å²) >= 11 is 3.27. The lowest BCUT2D eigenvalue weighted by Gasteiger charge is -2.29. The summed E-state index contributed by atoms with van der Waals surface area (Å²) in [7, 11) is 0. The maximum Gasteiger partial charge on any atom is 0.335 e.